The quantitative estimate of drug-likeness (QED) is 0.801. The molecule has 0 aromatic carbocycles. The molecule has 0 bridgehead atoms. The van der Waals surface area contributed by atoms with Crippen molar-refractivity contribution in [1.29, 1.82) is 0 Å². The predicted molar refractivity (Wildman–Crippen MR) is 70.6 cm³/mol. The Hall–Kier alpha value is -1.85. The molecule has 0 aliphatic rings. The zero-order valence-electron chi connectivity index (χ0n) is 11.7. The van der Waals surface area contributed by atoms with Crippen LogP contribution in [0.3, 0.4) is 0 Å². The fourth-order valence-corrected chi connectivity index (χ4v) is 1.88. The molecule has 0 saturated carbocycles. The monoisotopic (exact) mass is 267 g/mol. The van der Waals surface area contributed by atoms with E-state index in [2.05, 4.69) is 5.10 Å². The zero-order chi connectivity index (χ0) is 14.4. The molecular formula is C13H21N3O3. The number of carbonyl (C=O) groups excluding carboxylic acids is 1. The van der Waals surface area contributed by atoms with Crippen molar-refractivity contribution in [3.8, 4) is 0 Å². The lowest BCUT2D eigenvalue weighted by Crippen LogP contribution is -2.38. The van der Waals surface area contributed by atoms with Gasteiger partial charge >= 0.3 is 5.97 Å². The van der Waals surface area contributed by atoms with E-state index in [4.69, 9.17) is 5.11 Å². The highest BCUT2D eigenvalue weighted by Gasteiger charge is 2.17. The van der Waals surface area contributed by atoms with Gasteiger partial charge in [0, 0.05) is 32.3 Å². The summed E-state index contributed by atoms with van der Waals surface area (Å²) in [7, 11) is 1.83. The van der Waals surface area contributed by atoms with Crippen molar-refractivity contribution in [3.63, 3.8) is 0 Å². The van der Waals surface area contributed by atoms with Gasteiger partial charge in [-0.05, 0) is 25.8 Å². The number of aliphatic carboxylic acids is 1. The molecule has 1 rings (SSSR count). The van der Waals surface area contributed by atoms with E-state index in [0.29, 0.717) is 12.8 Å². The van der Waals surface area contributed by atoms with E-state index in [0.717, 1.165) is 5.56 Å². The van der Waals surface area contributed by atoms with Crippen LogP contribution in [0.4, 0.5) is 0 Å². The number of hydrogen-bond donors (Lipinski definition) is 1. The molecule has 6 heteroatoms. The maximum atomic E-state index is 12.1. The van der Waals surface area contributed by atoms with Crippen LogP contribution in [0.2, 0.25) is 0 Å². The minimum absolute atomic E-state index is 0.0138. The summed E-state index contributed by atoms with van der Waals surface area (Å²) >= 11 is 0. The SMILES string of the molecule is CC(C)N(CCC(=O)O)C(=O)CCc1cnn(C)c1. The first-order chi connectivity index (χ1) is 8.90. The molecule has 1 heterocycles. The normalized spacial score (nSPS) is 10.7. The minimum atomic E-state index is -0.884. The maximum Gasteiger partial charge on any atom is 0.305 e. The lowest BCUT2D eigenvalue weighted by Gasteiger charge is -2.26. The molecule has 0 fully saturated rings. The summed E-state index contributed by atoms with van der Waals surface area (Å²) in [5.74, 6) is -0.897. The number of nitrogens with zero attached hydrogens (tertiary/aromatic N) is 3. The van der Waals surface area contributed by atoms with Gasteiger partial charge in [-0.2, -0.15) is 5.10 Å². The average Bonchev–Trinajstić information content (AvgIpc) is 2.72. The van der Waals surface area contributed by atoms with Gasteiger partial charge in [-0.1, -0.05) is 0 Å². The lowest BCUT2D eigenvalue weighted by molar-refractivity contribution is -0.139. The van der Waals surface area contributed by atoms with Crippen LogP contribution in [0.25, 0.3) is 0 Å². The Bertz CT molecular complexity index is 440. The van der Waals surface area contributed by atoms with Crippen molar-refractivity contribution in [2.45, 2.75) is 39.2 Å². The topological polar surface area (TPSA) is 75.4 Å². The fraction of sp³-hybridized carbons (Fsp3) is 0.615. The first-order valence-electron chi connectivity index (χ1n) is 6.39. The van der Waals surface area contributed by atoms with Crippen LogP contribution in [0.5, 0.6) is 0 Å². The molecule has 1 amide bonds. The van der Waals surface area contributed by atoms with Crippen LogP contribution in [0, 0.1) is 0 Å². The first-order valence-corrected chi connectivity index (χ1v) is 6.39. The van der Waals surface area contributed by atoms with E-state index in [-0.39, 0.29) is 24.9 Å². The third kappa shape index (κ3) is 5.11. The van der Waals surface area contributed by atoms with Crippen LogP contribution >= 0.6 is 0 Å². The highest BCUT2D eigenvalue weighted by Crippen LogP contribution is 2.07. The fourth-order valence-electron chi connectivity index (χ4n) is 1.88. The Morgan fingerprint density at radius 1 is 1.42 bits per heavy atom. The molecule has 1 N–H and O–H groups in total. The van der Waals surface area contributed by atoms with Crippen LogP contribution in [-0.4, -0.2) is 44.3 Å². The summed E-state index contributed by atoms with van der Waals surface area (Å²) in [6.45, 7) is 4.05. The summed E-state index contributed by atoms with van der Waals surface area (Å²) < 4.78 is 1.70. The van der Waals surface area contributed by atoms with Gasteiger partial charge in [0.15, 0.2) is 0 Å². The van der Waals surface area contributed by atoms with Gasteiger partial charge in [-0.25, -0.2) is 0 Å². The number of carboxylic acids is 1. The van der Waals surface area contributed by atoms with Crippen molar-refractivity contribution in [2.24, 2.45) is 7.05 Å². The maximum absolute atomic E-state index is 12.1. The van der Waals surface area contributed by atoms with Crippen molar-refractivity contribution in [1.82, 2.24) is 14.7 Å². The number of carbonyl (C=O) groups is 2. The van der Waals surface area contributed by atoms with Gasteiger partial charge in [0.2, 0.25) is 5.91 Å². The van der Waals surface area contributed by atoms with E-state index in [1.807, 2.05) is 27.1 Å². The molecule has 1 aromatic rings. The molecule has 0 radical (unpaired) electrons. The lowest BCUT2D eigenvalue weighted by atomic mass is 10.1. The molecular weight excluding hydrogens is 246 g/mol. The summed E-state index contributed by atoms with van der Waals surface area (Å²) in [4.78, 5) is 24.3. The number of aromatic nitrogens is 2. The van der Waals surface area contributed by atoms with Crippen molar-refractivity contribution >= 4 is 11.9 Å². The summed E-state index contributed by atoms with van der Waals surface area (Å²) in [5.41, 5.74) is 1.01. The van der Waals surface area contributed by atoms with Gasteiger partial charge in [0.1, 0.15) is 0 Å². The van der Waals surface area contributed by atoms with E-state index >= 15 is 0 Å². The predicted octanol–water partition coefficient (Wildman–Crippen LogP) is 1.06. The first kappa shape index (κ1) is 15.2. The molecule has 0 aliphatic carbocycles. The van der Waals surface area contributed by atoms with Crippen LogP contribution in [0.1, 0.15) is 32.3 Å². The van der Waals surface area contributed by atoms with Crippen LogP contribution in [0.15, 0.2) is 12.4 Å². The van der Waals surface area contributed by atoms with E-state index in [1.165, 1.54) is 0 Å². The van der Waals surface area contributed by atoms with E-state index < -0.39 is 5.97 Å². The number of carboxylic acid groups (broad SMARTS) is 1. The number of amides is 1. The third-order valence-electron chi connectivity index (χ3n) is 2.90. The molecule has 1 aromatic heterocycles. The summed E-state index contributed by atoms with van der Waals surface area (Å²) in [6, 6.07) is 0.0146. The van der Waals surface area contributed by atoms with Gasteiger partial charge in [-0.15, -0.1) is 0 Å². The average molecular weight is 267 g/mol. The van der Waals surface area contributed by atoms with Crippen molar-refractivity contribution in [2.75, 3.05) is 6.54 Å². The van der Waals surface area contributed by atoms with E-state index in [1.54, 1.807) is 15.8 Å². The summed E-state index contributed by atoms with van der Waals surface area (Å²) in [6.07, 6.45) is 4.61. The molecule has 19 heavy (non-hydrogen) atoms. The molecule has 0 aliphatic heterocycles. The van der Waals surface area contributed by atoms with Gasteiger partial charge in [0.25, 0.3) is 0 Å². The van der Waals surface area contributed by atoms with E-state index in [9.17, 15) is 9.59 Å². The Balaban J connectivity index is 2.49. The van der Waals surface area contributed by atoms with Crippen LogP contribution in [-0.2, 0) is 23.1 Å². The Morgan fingerprint density at radius 2 is 2.11 bits per heavy atom. The zero-order valence-corrected chi connectivity index (χ0v) is 11.7. The third-order valence-corrected chi connectivity index (χ3v) is 2.90. The molecule has 106 valence electrons. The van der Waals surface area contributed by atoms with Gasteiger partial charge in [-0.3, -0.25) is 14.3 Å². The largest absolute Gasteiger partial charge is 0.481 e. The standard InChI is InChI=1S/C13H21N3O3/c1-10(2)16(7-6-13(18)19)12(17)5-4-11-8-14-15(3)9-11/h8-10H,4-7H2,1-3H3,(H,18,19). The van der Waals surface area contributed by atoms with Crippen LogP contribution < -0.4 is 0 Å². The number of hydrogen-bond acceptors (Lipinski definition) is 3. The molecule has 0 spiro atoms. The Morgan fingerprint density at radius 3 is 2.58 bits per heavy atom. The molecule has 0 unspecified atom stereocenters. The second kappa shape index (κ2) is 6.92. The van der Waals surface area contributed by atoms with Crippen molar-refractivity contribution < 1.29 is 14.7 Å². The highest BCUT2D eigenvalue weighted by molar-refractivity contribution is 5.77. The Kier molecular flexibility index (Phi) is 5.54. The molecule has 6 nitrogen and oxygen atoms in total. The minimum Gasteiger partial charge on any atom is -0.481 e. The second-order valence-electron chi connectivity index (χ2n) is 4.85. The van der Waals surface area contributed by atoms with Crippen molar-refractivity contribution in [3.05, 3.63) is 18.0 Å². The highest BCUT2D eigenvalue weighted by atomic mass is 16.4. The molecule has 0 atom stereocenters. The number of aryl methyl sites for hydroxylation is 2. The summed E-state index contributed by atoms with van der Waals surface area (Å²) in [5, 5.41) is 12.7. The second-order valence-corrected chi connectivity index (χ2v) is 4.85. The molecule has 0 saturated heterocycles. The van der Waals surface area contributed by atoms with Gasteiger partial charge in [0.05, 0.1) is 12.6 Å². The number of rotatable bonds is 7. The smallest absolute Gasteiger partial charge is 0.305 e. The van der Waals surface area contributed by atoms with Gasteiger partial charge < -0.3 is 10.0 Å². The Labute approximate surface area is 113 Å².